The number of carbonyl (C=O) groups excluding carboxylic acids is 3. The van der Waals surface area contributed by atoms with Crippen LogP contribution in [0.25, 0.3) is 22.1 Å². The van der Waals surface area contributed by atoms with Gasteiger partial charge in [0.2, 0.25) is 0 Å². The van der Waals surface area contributed by atoms with E-state index in [2.05, 4.69) is 23.8 Å². The number of methoxy groups -OCH3 is 2. The van der Waals surface area contributed by atoms with Crippen molar-refractivity contribution in [2.75, 3.05) is 14.2 Å². The van der Waals surface area contributed by atoms with Crippen LogP contribution in [0.15, 0.2) is 36.4 Å². The van der Waals surface area contributed by atoms with Crippen LogP contribution < -0.4 is 0 Å². The number of para-hydroxylation sites is 2. The van der Waals surface area contributed by atoms with Crippen molar-refractivity contribution in [3.05, 3.63) is 47.5 Å². The van der Waals surface area contributed by atoms with Gasteiger partial charge in [-0.1, -0.05) is 45.2 Å². The van der Waals surface area contributed by atoms with E-state index in [0.29, 0.717) is 45.5 Å². The lowest BCUT2D eigenvalue weighted by molar-refractivity contribution is -0.143. The molecule has 0 saturated carbocycles. The zero-order valence-corrected chi connectivity index (χ0v) is 18.9. The van der Waals surface area contributed by atoms with Crippen LogP contribution in [0, 0.1) is 11.8 Å². The maximum atomic E-state index is 13.4. The number of benzene rings is 2. The van der Waals surface area contributed by atoms with E-state index in [9.17, 15) is 14.4 Å². The average molecular weight is 437 g/mol. The second-order valence-corrected chi connectivity index (χ2v) is 8.18. The van der Waals surface area contributed by atoms with Gasteiger partial charge >= 0.3 is 11.9 Å². The zero-order chi connectivity index (χ0) is 23.3. The van der Waals surface area contributed by atoms with Gasteiger partial charge in [0.25, 0.3) is 0 Å². The molecule has 1 heterocycles. The van der Waals surface area contributed by atoms with Crippen LogP contribution in [0.5, 0.6) is 0 Å². The van der Waals surface area contributed by atoms with Gasteiger partial charge in [-0.15, -0.1) is 0 Å². The Morgan fingerprint density at radius 2 is 1.38 bits per heavy atom. The molecule has 7 nitrogen and oxygen atoms in total. The van der Waals surface area contributed by atoms with E-state index in [1.54, 1.807) is 36.4 Å². The van der Waals surface area contributed by atoms with Crippen molar-refractivity contribution in [3.63, 3.8) is 0 Å². The van der Waals surface area contributed by atoms with E-state index < -0.39 is 17.9 Å². The molecular formula is C25H28N2O5. The second kappa shape index (κ2) is 10.3. The number of ether oxygens (including phenoxy) is 2. The summed E-state index contributed by atoms with van der Waals surface area (Å²) in [6.45, 7) is 4.29. The highest BCUT2D eigenvalue weighted by Crippen LogP contribution is 2.26. The number of Topliss-reactive ketones (excluding diaryl/α,β-unsaturated/α-hetero) is 1. The molecule has 0 unspecified atom stereocenters. The van der Waals surface area contributed by atoms with Gasteiger partial charge in [0.15, 0.2) is 5.78 Å². The van der Waals surface area contributed by atoms with Gasteiger partial charge in [-0.25, -0.2) is 14.8 Å². The predicted octanol–water partition coefficient (Wildman–Crippen LogP) is 4.76. The third-order valence-corrected chi connectivity index (χ3v) is 5.49. The lowest BCUT2D eigenvalue weighted by atomic mass is 9.91. The van der Waals surface area contributed by atoms with E-state index >= 15 is 0 Å². The van der Waals surface area contributed by atoms with Crippen LogP contribution in [0.1, 0.15) is 60.2 Å². The highest BCUT2D eigenvalue weighted by molar-refractivity contribution is 6.15. The summed E-state index contributed by atoms with van der Waals surface area (Å²) >= 11 is 0. The molecule has 0 amide bonds. The first-order valence-electron chi connectivity index (χ1n) is 10.8. The standard InChI is InChI=1S/C25H28N2O5/c1-15(2)9-5-6-10-18(25(30)32-4)23(28)16-11-7-13-19-21(16)26-20-14-8-12-17(22(20)27-19)24(29)31-3/h7-8,11-15,18H,5-6,9-10H2,1-4H3/t18-/m1/s1. The van der Waals surface area contributed by atoms with Gasteiger partial charge in [-0.05, 0) is 36.6 Å². The van der Waals surface area contributed by atoms with E-state index in [4.69, 9.17) is 9.47 Å². The summed E-state index contributed by atoms with van der Waals surface area (Å²) in [6.07, 6.45) is 3.15. The lowest BCUT2D eigenvalue weighted by Crippen LogP contribution is -2.26. The molecule has 0 spiro atoms. The Morgan fingerprint density at radius 1 is 0.812 bits per heavy atom. The molecule has 3 rings (SSSR count). The van der Waals surface area contributed by atoms with Crippen LogP contribution in [0.4, 0.5) is 0 Å². The van der Waals surface area contributed by atoms with Crippen LogP contribution in [-0.4, -0.2) is 41.9 Å². The first-order valence-corrected chi connectivity index (χ1v) is 10.8. The summed E-state index contributed by atoms with van der Waals surface area (Å²) in [7, 11) is 2.60. The summed E-state index contributed by atoms with van der Waals surface area (Å²) in [5.74, 6) is -1.71. The number of rotatable bonds is 9. The summed E-state index contributed by atoms with van der Waals surface area (Å²) < 4.78 is 9.76. The Labute approximate surface area is 187 Å². The van der Waals surface area contributed by atoms with Crippen molar-refractivity contribution < 1.29 is 23.9 Å². The van der Waals surface area contributed by atoms with E-state index in [0.717, 1.165) is 19.3 Å². The molecular weight excluding hydrogens is 408 g/mol. The number of ketones is 1. The first kappa shape index (κ1) is 23.3. The number of nitrogens with zero attached hydrogens (tertiary/aromatic N) is 2. The number of carbonyl (C=O) groups is 3. The van der Waals surface area contributed by atoms with Gasteiger partial charge in [-0.3, -0.25) is 9.59 Å². The van der Waals surface area contributed by atoms with Crippen LogP contribution in [0.3, 0.4) is 0 Å². The molecule has 1 atom stereocenters. The second-order valence-electron chi connectivity index (χ2n) is 8.18. The number of hydrogen-bond donors (Lipinski definition) is 0. The van der Waals surface area contributed by atoms with Crippen molar-refractivity contribution in [1.82, 2.24) is 9.97 Å². The Morgan fingerprint density at radius 3 is 1.94 bits per heavy atom. The monoisotopic (exact) mass is 436 g/mol. The molecule has 168 valence electrons. The van der Waals surface area contributed by atoms with Crippen molar-refractivity contribution in [2.24, 2.45) is 11.8 Å². The molecule has 0 N–H and O–H groups in total. The Balaban J connectivity index is 2.02. The molecule has 0 saturated heterocycles. The molecule has 1 aromatic heterocycles. The van der Waals surface area contributed by atoms with Crippen LogP contribution >= 0.6 is 0 Å². The minimum absolute atomic E-state index is 0.300. The molecule has 0 aliphatic carbocycles. The minimum atomic E-state index is -0.892. The largest absolute Gasteiger partial charge is 0.468 e. The fraction of sp³-hybridized carbons (Fsp3) is 0.400. The van der Waals surface area contributed by atoms with Gasteiger partial charge in [-0.2, -0.15) is 0 Å². The van der Waals surface area contributed by atoms with Crippen molar-refractivity contribution in [1.29, 1.82) is 0 Å². The molecule has 32 heavy (non-hydrogen) atoms. The lowest BCUT2D eigenvalue weighted by Gasteiger charge is -2.15. The van der Waals surface area contributed by atoms with Gasteiger partial charge in [0.05, 0.1) is 30.8 Å². The molecule has 2 aromatic carbocycles. The summed E-state index contributed by atoms with van der Waals surface area (Å²) in [4.78, 5) is 47.1. The van der Waals surface area contributed by atoms with E-state index in [-0.39, 0.29) is 5.78 Å². The van der Waals surface area contributed by atoms with Crippen LogP contribution in [-0.2, 0) is 14.3 Å². The molecule has 0 fully saturated rings. The third-order valence-electron chi connectivity index (χ3n) is 5.49. The van der Waals surface area contributed by atoms with E-state index in [1.165, 1.54) is 14.2 Å². The Kier molecular flexibility index (Phi) is 7.51. The van der Waals surface area contributed by atoms with Crippen LogP contribution in [0.2, 0.25) is 0 Å². The average Bonchev–Trinajstić information content (AvgIpc) is 2.80. The van der Waals surface area contributed by atoms with Crippen molar-refractivity contribution in [2.45, 2.75) is 39.5 Å². The molecule has 0 aliphatic rings. The number of unbranched alkanes of at least 4 members (excludes halogenated alkanes) is 1. The number of aromatic nitrogens is 2. The van der Waals surface area contributed by atoms with E-state index in [1.807, 2.05) is 0 Å². The highest BCUT2D eigenvalue weighted by atomic mass is 16.5. The maximum Gasteiger partial charge on any atom is 0.340 e. The third kappa shape index (κ3) is 4.93. The Bertz CT molecular complexity index is 1160. The SMILES string of the molecule is COC(=O)c1cccc2nc3c(C(=O)[C@@H](CCCCC(C)C)C(=O)OC)cccc3nc12. The molecule has 0 aliphatic heterocycles. The summed E-state index contributed by atoms with van der Waals surface area (Å²) in [6, 6.07) is 10.1. The normalized spacial score (nSPS) is 12.2. The van der Waals surface area contributed by atoms with Crippen molar-refractivity contribution >= 4 is 39.8 Å². The topological polar surface area (TPSA) is 95.5 Å². The molecule has 0 bridgehead atoms. The Hall–Kier alpha value is -3.35. The number of fused-ring (bicyclic) bond motifs is 2. The first-order chi connectivity index (χ1) is 15.4. The minimum Gasteiger partial charge on any atom is -0.468 e. The fourth-order valence-electron chi connectivity index (χ4n) is 3.78. The number of hydrogen-bond acceptors (Lipinski definition) is 7. The quantitative estimate of drug-likeness (QED) is 0.157. The predicted molar refractivity (Wildman–Crippen MR) is 122 cm³/mol. The summed E-state index contributed by atoms with van der Waals surface area (Å²) in [5.41, 5.74) is 2.33. The maximum absolute atomic E-state index is 13.4. The molecule has 7 heteroatoms. The molecule has 0 radical (unpaired) electrons. The molecule has 3 aromatic rings. The van der Waals surface area contributed by atoms with Gasteiger partial charge < -0.3 is 9.47 Å². The van der Waals surface area contributed by atoms with Gasteiger partial charge in [0.1, 0.15) is 17.0 Å². The fourth-order valence-corrected chi connectivity index (χ4v) is 3.78. The smallest absolute Gasteiger partial charge is 0.340 e. The number of esters is 2. The summed E-state index contributed by atoms with van der Waals surface area (Å²) in [5, 5.41) is 0. The zero-order valence-electron chi connectivity index (χ0n) is 18.9. The highest BCUT2D eigenvalue weighted by Gasteiger charge is 2.30. The van der Waals surface area contributed by atoms with Gasteiger partial charge in [0, 0.05) is 5.56 Å². The van der Waals surface area contributed by atoms with Crippen molar-refractivity contribution in [3.8, 4) is 0 Å².